The number of hydrogen-bond donors (Lipinski definition) is 0. The summed E-state index contributed by atoms with van der Waals surface area (Å²) < 4.78 is 0. The minimum absolute atomic E-state index is 0.106. The molecule has 2 aliphatic rings. The van der Waals surface area contributed by atoms with Crippen LogP contribution in [0.2, 0.25) is 0 Å². The molecule has 0 saturated heterocycles. The Kier molecular flexibility index (Phi) is 7.14. The van der Waals surface area contributed by atoms with Crippen molar-refractivity contribution in [2.75, 3.05) is 27.2 Å². The van der Waals surface area contributed by atoms with Crippen LogP contribution in [0.1, 0.15) is 0 Å². The first-order valence-electron chi connectivity index (χ1n) is 4.86. The molecule has 4 nitrogen and oxygen atoms in total. The second-order valence-electron chi connectivity index (χ2n) is 3.45. The van der Waals surface area contributed by atoms with Crippen molar-refractivity contribution in [1.29, 1.82) is 0 Å². The fraction of sp³-hybridized carbons (Fsp3) is 0.400. The van der Waals surface area contributed by atoms with Crippen molar-refractivity contribution in [2.45, 2.75) is 0 Å². The van der Waals surface area contributed by atoms with Crippen LogP contribution in [0.5, 0.6) is 0 Å². The van der Waals surface area contributed by atoms with E-state index in [0.717, 1.165) is 13.1 Å². The first-order chi connectivity index (χ1) is 8.15. The van der Waals surface area contributed by atoms with Crippen molar-refractivity contribution in [2.24, 2.45) is 0 Å². The average Bonchev–Trinajstić information content (AvgIpc) is 2.86. The van der Waals surface area contributed by atoms with E-state index in [1.165, 1.54) is 0 Å². The van der Waals surface area contributed by atoms with E-state index in [4.69, 9.17) is 19.1 Å². The van der Waals surface area contributed by atoms with Gasteiger partial charge in [0.25, 0.3) is 0 Å². The summed E-state index contributed by atoms with van der Waals surface area (Å²) in [6, 6.07) is 0. The van der Waals surface area contributed by atoms with Gasteiger partial charge in [-0.2, -0.15) is 0 Å². The van der Waals surface area contributed by atoms with Gasteiger partial charge >= 0.3 is 35.0 Å². The van der Waals surface area contributed by atoms with Crippen molar-refractivity contribution in [3.8, 4) is 0 Å². The third-order valence-corrected chi connectivity index (χ3v) is 2.09. The minimum atomic E-state index is -0.106. The Bertz CT molecular complexity index is 249. The fourth-order valence-electron chi connectivity index (χ4n) is 1.36. The standard InChI is InChI=1S/C10H14N4.2ClH.Pd/c1-11-3-5-13(9-11)7-8-14-6-4-12(2)10-14;;;/h3-6H,7-8H2,1-2H3;2*1H;/q;;;+2/p-2. The number of halogens is 2. The Morgan fingerprint density at radius 1 is 0.882 bits per heavy atom. The number of rotatable bonds is 3. The molecule has 98 valence electrons. The third kappa shape index (κ3) is 5.87. The van der Waals surface area contributed by atoms with Gasteiger partial charge in [0.05, 0.1) is 0 Å². The maximum atomic E-state index is 4.81. The van der Waals surface area contributed by atoms with E-state index in [1.807, 2.05) is 58.5 Å². The Morgan fingerprint density at radius 3 is 1.47 bits per heavy atom. The van der Waals surface area contributed by atoms with Crippen molar-refractivity contribution < 1.29 is 15.9 Å². The van der Waals surface area contributed by atoms with Crippen LogP contribution in [0, 0.1) is 13.3 Å². The van der Waals surface area contributed by atoms with E-state index in [2.05, 4.69) is 13.3 Å². The van der Waals surface area contributed by atoms with E-state index < -0.39 is 0 Å². The van der Waals surface area contributed by atoms with Crippen molar-refractivity contribution >= 4 is 19.1 Å². The number of hydrogen-bond acceptors (Lipinski definition) is 4. The Hall–Kier alpha value is -0.0777. The predicted octanol–water partition coefficient (Wildman–Crippen LogP) is 1.79. The van der Waals surface area contributed by atoms with Gasteiger partial charge in [0.1, 0.15) is 0 Å². The molecule has 0 aromatic heterocycles. The van der Waals surface area contributed by atoms with E-state index in [1.54, 1.807) is 0 Å². The van der Waals surface area contributed by atoms with Crippen molar-refractivity contribution in [1.82, 2.24) is 19.6 Å². The fourth-order valence-corrected chi connectivity index (χ4v) is 1.36. The van der Waals surface area contributed by atoms with Gasteiger partial charge in [-0.15, -0.1) is 0 Å². The Morgan fingerprint density at radius 2 is 1.24 bits per heavy atom. The quantitative estimate of drug-likeness (QED) is 0.705. The zero-order valence-electron chi connectivity index (χ0n) is 9.58. The molecule has 0 spiro atoms. The molecule has 2 aliphatic heterocycles. The molecule has 0 unspecified atom stereocenters. The van der Waals surface area contributed by atoms with E-state index in [0.29, 0.717) is 0 Å². The zero-order chi connectivity index (χ0) is 12.7. The van der Waals surface area contributed by atoms with Gasteiger partial charge in [-0.3, -0.25) is 0 Å². The van der Waals surface area contributed by atoms with Crippen LogP contribution in [0.25, 0.3) is 0 Å². The summed E-state index contributed by atoms with van der Waals surface area (Å²) >= 11 is -0.106. The van der Waals surface area contributed by atoms with Crippen LogP contribution < -0.4 is 0 Å². The summed E-state index contributed by atoms with van der Waals surface area (Å²) in [6.45, 7) is 8.15. The molecule has 0 aromatic carbocycles. The third-order valence-electron chi connectivity index (χ3n) is 2.09. The van der Waals surface area contributed by atoms with Crippen LogP contribution in [0.3, 0.4) is 0 Å². The molecule has 0 aliphatic carbocycles. The van der Waals surface area contributed by atoms with Gasteiger partial charge in [-0.1, -0.05) is 0 Å². The Labute approximate surface area is 120 Å². The van der Waals surface area contributed by atoms with E-state index in [-0.39, 0.29) is 15.9 Å². The Balaban J connectivity index is 0.000000437. The molecule has 2 rings (SSSR count). The van der Waals surface area contributed by atoms with Crippen molar-refractivity contribution in [3.63, 3.8) is 0 Å². The van der Waals surface area contributed by atoms with Gasteiger partial charge in [-0.25, -0.2) is 0 Å². The van der Waals surface area contributed by atoms with Gasteiger partial charge in [0.15, 0.2) is 0 Å². The van der Waals surface area contributed by atoms with E-state index in [9.17, 15) is 0 Å². The molecule has 0 fully saturated rings. The summed E-state index contributed by atoms with van der Waals surface area (Å²) in [4.78, 5) is 7.90. The maximum absolute atomic E-state index is 4.81. The average molecular weight is 368 g/mol. The monoisotopic (exact) mass is 366 g/mol. The molecule has 4 radical (unpaired) electrons. The summed E-state index contributed by atoms with van der Waals surface area (Å²) in [5.41, 5.74) is 0. The molecule has 7 heteroatoms. The zero-order valence-corrected chi connectivity index (χ0v) is 12.7. The molecular formula is C10H14Cl2N4Pd. The van der Waals surface area contributed by atoms with Gasteiger partial charge < -0.3 is 19.6 Å². The first-order valence-corrected chi connectivity index (χ1v) is 8.86. The van der Waals surface area contributed by atoms with Crippen molar-refractivity contribution in [3.05, 3.63) is 38.1 Å². The summed E-state index contributed by atoms with van der Waals surface area (Å²) in [7, 11) is 13.6. The molecule has 2 heterocycles. The normalized spacial score (nSPS) is 18.1. The first kappa shape index (κ1) is 15.0. The molecule has 0 bridgehead atoms. The molecule has 17 heavy (non-hydrogen) atoms. The van der Waals surface area contributed by atoms with Crippen LogP contribution in [0.4, 0.5) is 0 Å². The summed E-state index contributed by atoms with van der Waals surface area (Å²) in [5.74, 6) is 0. The molecule has 0 atom stereocenters. The molecule has 0 N–H and O–H groups in total. The second-order valence-corrected chi connectivity index (χ2v) is 5.81. The van der Waals surface area contributed by atoms with Gasteiger partial charge in [-0.05, 0) is 0 Å². The summed E-state index contributed by atoms with van der Waals surface area (Å²) in [6.07, 6.45) is 8.01. The summed E-state index contributed by atoms with van der Waals surface area (Å²) in [5, 5.41) is 0. The van der Waals surface area contributed by atoms with Gasteiger partial charge in [0, 0.05) is 52.0 Å². The van der Waals surface area contributed by atoms with Crippen LogP contribution >= 0.6 is 19.1 Å². The second kappa shape index (κ2) is 8.10. The topological polar surface area (TPSA) is 13.0 Å². The van der Waals surface area contributed by atoms with E-state index >= 15 is 0 Å². The molecule has 0 amide bonds. The molecular weight excluding hydrogens is 353 g/mol. The SMILES string of the molecule is CN1[C]N(CCN2[C]N(C)C=C2)C=C1.[Cl][Pd][Cl]. The number of nitrogens with zero attached hydrogens (tertiary/aromatic N) is 4. The molecule has 0 saturated carbocycles. The molecule has 0 aromatic rings. The van der Waals surface area contributed by atoms with Crippen LogP contribution in [0.15, 0.2) is 24.8 Å². The predicted molar refractivity (Wildman–Crippen MR) is 65.4 cm³/mol. The van der Waals surface area contributed by atoms with Crippen LogP contribution in [-0.2, 0) is 15.9 Å². The van der Waals surface area contributed by atoms with Crippen LogP contribution in [-0.4, -0.2) is 46.8 Å². The van der Waals surface area contributed by atoms with Gasteiger partial charge in [0.2, 0.25) is 13.3 Å².